The molecule has 2 heterocycles. The Hall–Kier alpha value is -2.19. The molecule has 0 bridgehead atoms. The van der Waals surface area contributed by atoms with Gasteiger partial charge in [-0.2, -0.15) is 0 Å². The molecule has 2 aromatic heterocycles. The van der Waals surface area contributed by atoms with Crippen molar-refractivity contribution in [1.29, 1.82) is 0 Å². The first-order valence-electron chi connectivity index (χ1n) is 6.10. The molecule has 2 aromatic rings. The highest BCUT2D eigenvalue weighted by atomic mass is 32.1. The summed E-state index contributed by atoms with van der Waals surface area (Å²) in [6.45, 7) is 0.0682. The van der Waals surface area contributed by atoms with Crippen molar-refractivity contribution in [2.75, 3.05) is 26.8 Å². The van der Waals surface area contributed by atoms with Crippen LogP contribution in [-0.2, 0) is 9.53 Å². The Balaban J connectivity index is 2.14. The Morgan fingerprint density at radius 1 is 1.52 bits per heavy atom. The van der Waals surface area contributed by atoms with Gasteiger partial charge in [0.1, 0.15) is 23.5 Å². The number of aromatic nitrogens is 1. The van der Waals surface area contributed by atoms with Crippen LogP contribution in [0.25, 0.3) is 10.6 Å². The van der Waals surface area contributed by atoms with Crippen LogP contribution in [0.15, 0.2) is 28.4 Å². The van der Waals surface area contributed by atoms with E-state index in [0.29, 0.717) is 5.01 Å². The summed E-state index contributed by atoms with van der Waals surface area (Å²) in [5.74, 6) is -1.51. The van der Waals surface area contributed by atoms with Crippen LogP contribution in [0.4, 0.5) is 0 Å². The van der Waals surface area contributed by atoms with Gasteiger partial charge < -0.3 is 19.2 Å². The Morgan fingerprint density at radius 3 is 2.95 bits per heavy atom. The zero-order valence-electron chi connectivity index (χ0n) is 11.3. The molecule has 0 aliphatic rings. The number of rotatable bonds is 7. The number of ether oxygens (including phenoxy) is 1. The highest BCUT2D eigenvalue weighted by molar-refractivity contribution is 7.13. The average Bonchev–Trinajstić information content (AvgIpc) is 3.11. The monoisotopic (exact) mass is 310 g/mol. The van der Waals surface area contributed by atoms with E-state index in [9.17, 15) is 9.59 Å². The molecule has 0 spiro atoms. The van der Waals surface area contributed by atoms with Crippen molar-refractivity contribution in [3.8, 4) is 10.6 Å². The summed E-state index contributed by atoms with van der Waals surface area (Å²) in [4.78, 5) is 28.5. The van der Waals surface area contributed by atoms with Crippen LogP contribution in [0.3, 0.4) is 0 Å². The van der Waals surface area contributed by atoms with Crippen molar-refractivity contribution < 1.29 is 23.8 Å². The van der Waals surface area contributed by atoms with Gasteiger partial charge in [0.15, 0.2) is 0 Å². The molecule has 0 unspecified atom stereocenters. The molecular formula is C13H14N2O5S. The number of carboxylic acids is 1. The number of amides is 1. The van der Waals surface area contributed by atoms with Crippen LogP contribution in [0.5, 0.6) is 0 Å². The number of hydrogen-bond acceptors (Lipinski definition) is 6. The Kier molecular flexibility index (Phi) is 5.07. The van der Waals surface area contributed by atoms with Gasteiger partial charge in [-0.1, -0.05) is 0 Å². The number of methoxy groups -OCH3 is 1. The van der Waals surface area contributed by atoms with Gasteiger partial charge in [-0.05, 0) is 6.07 Å². The van der Waals surface area contributed by atoms with E-state index in [2.05, 4.69) is 4.98 Å². The SMILES string of the molecule is COCCN(CC(=O)O)C(=O)c1csc(-c2ccoc2)n1. The first kappa shape index (κ1) is 15.2. The lowest BCUT2D eigenvalue weighted by Crippen LogP contribution is -2.38. The molecule has 0 aromatic carbocycles. The fraction of sp³-hybridized carbons (Fsp3) is 0.308. The maximum atomic E-state index is 12.3. The van der Waals surface area contributed by atoms with Crippen LogP contribution < -0.4 is 0 Å². The number of thiazole rings is 1. The molecule has 112 valence electrons. The van der Waals surface area contributed by atoms with Crippen molar-refractivity contribution in [3.63, 3.8) is 0 Å². The molecule has 2 rings (SSSR count). The van der Waals surface area contributed by atoms with Crippen molar-refractivity contribution >= 4 is 23.2 Å². The third-order valence-electron chi connectivity index (χ3n) is 2.67. The Bertz CT molecular complexity index is 608. The average molecular weight is 310 g/mol. The fourth-order valence-electron chi connectivity index (χ4n) is 1.67. The fourth-order valence-corrected chi connectivity index (χ4v) is 2.45. The van der Waals surface area contributed by atoms with E-state index in [1.165, 1.54) is 35.9 Å². The van der Waals surface area contributed by atoms with E-state index in [1.807, 2.05) is 0 Å². The van der Waals surface area contributed by atoms with Crippen molar-refractivity contribution in [2.24, 2.45) is 0 Å². The minimum Gasteiger partial charge on any atom is -0.480 e. The molecule has 7 nitrogen and oxygen atoms in total. The van der Waals surface area contributed by atoms with Crippen molar-refractivity contribution in [3.05, 3.63) is 29.7 Å². The van der Waals surface area contributed by atoms with Gasteiger partial charge in [-0.25, -0.2) is 4.98 Å². The van der Waals surface area contributed by atoms with E-state index in [1.54, 1.807) is 11.4 Å². The van der Waals surface area contributed by atoms with Gasteiger partial charge in [0.05, 0.1) is 12.9 Å². The summed E-state index contributed by atoms with van der Waals surface area (Å²) in [5.41, 5.74) is 0.995. The van der Waals surface area contributed by atoms with Gasteiger partial charge in [-0.3, -0.25) is 9.59 Å². The highest BCUT2D eigenvalue weighted by Crippen LogP contribution is 2.24. The van der Waals surface area contributed by atoms with Crippen LogP contribution in [0.1, 0.15) is 10.5 Å². The second-order valence-corrected chi connectivity index (χ2v) is 5.02. The molecule has 0 atom stereocenters. The zero-order chi connectivity index (χ0) is 15.2. The number of carbonyl (C=O) groups excluding carboxylic acids is 1. The lowest BCUT2D eigenvalue weighted by molar-refractivity contribution is -0.137. The van der Waals surface area contributed by atoms with Gasteiger partial charge in [0.2, 0.25) is 0 Å². The largest absolute Gasteiger partial charge is 0.480 e. The Morgan fingerprint density at radius 2 is 2.33 bits per heavy atom. The topological polar surface area (TPSA) is 92.9 Å². The molecule has 0 saturated carbocycles. The van der Waals surface area contributed by atoms with Crippen molar-refractivity contribution in [1.82, 2.24) is 9.88 Å². The van der Waals surface area contributed by atoms with Gasteiger partial charge in [0, 0.05) is 24.6 Å². The summed E-state index contributed by atoms with van der Waals surface area (Å²) >= 11 is 1.30. The molecule has 8 heteroatoms. The first-order valence-corrected chi connectivity index (χ1v) is 6.98. The predicted octanol–water partition coefficient (Wildman–Crippen LogP) is 1.58. The van der Waals surface area contributed by atoms with E-state index >= 15 is 0 Å². The van der Waals surface area contributed by atoms with Crippen molar-refractivity contribution in [2.45, 2.75) is 0 Å². The molecular weight excluding hydrogens is 296 g/mol. The summed E-state index contributed by atoms with van der Waals surface area (Å²) in [6, 6.07) is 1.74. The lowest BCUT2D eigenvalue weighted by Gasteiger charge is -2.18. The zero-order valence-corrected chi connectivity index (χ0v) is 12.1. The minimum absolute atomic E-state index is 0.195. The molecule has 0 radical (unpaired) electrons. The third kappa shape index (κ3) is 3.89. The molecule has 21 heavy (non-hydrogen) atoms. The van der Waals surface area contributed by atoms with E-state index in [-0.39, 0.29) is 25.4 Å². The number of aliphatic carboxylic acids is 1. The minimum atomic E-state index is -1.08. The molecule has 1 amide bonds. The summed E-state index contributed by atoms with van der Waals surface area (Å²) in [6.07, 6.45) is 3.06. The number of furan rings is 1. The van der Waals surface area contributed by atoms with E-state index in [0.717, 1.165) is 5.56 Å². The van der Waals surface area contributed by atoms with E-state index < -0.39 is 11.9 Å². The third-order valence-corrected chi connectivity index (χ3v) is 3.56. The quantitative estimate of drug-likeness (QED) is 0.834. The second-order valence-electron chi connectivity index (χ2n) is 4.16. The lowest BCUT2D eigenvalue weighted by atomic mass is 10.3. The van der Waals surface area contributed by atoms with E-state index in [4.69, 9.17) is 14.3 Å². The van der Waals surface area contributed by atoms with Gasteiger partial charge in [-0.15, -0.1) is 11.3 Å². The summed E-state index contributed by atoms with van der Waals surface area (Å²) in [7, 11) is 1.49. The normalized spacial score (nSPS) is 10.5. The van der Waals surface area contributed by atoms with Crippen LogP contribution >= 0.6 is 11.3 Å². The summed E-state index contributed by atoms with van der Waals surface area (Å²) in [5, 5.41) is 11.1. The first-order chi connectivity index (χ1) is 10.1. The van der Waals surface area contributed by atoms with Gasteiger partial charge >= 0.3 is 5.97 Å². The maximum Gasteiger partial charge on any atom is 0.323 e. The molecule has 0 aliphatic carbocycles. The molecule has 0 aliphatic heterocycles. The highest BCUT2D eigenvalue weighted by Gasteiger charge is 2.21. The number of carbonyl (C=O) groups is 2. The molecule has 0 fully saturated rings. The molecule has 0 saturated heterocycles. The standard InChI is InChI=1S/C13H14N2O5S/c1-19-5-3-15(6-11(16)17)13(18)10-8-21-12(14-10)9-2-4-20-7-9/h2,4,7-8H,3,5-6H2,1H3,(H,16,17). The smallest absolute Gasteiger partial charge is 0.323 e. The van der Waals surface area contributed by atoms with Crippen LogP contribution in [0.2, 0.25) is 0 Å². The number of hydrogen-bond donors (Lipinski definition) is 1. The second kappa shape index (κ2) is 7.00. The predicted molar refractivity (Wildman–Crippen MR) is 75.2 cm³/mol. The number of carboxylic acid groups (broad SMARTS) is 1. The van der Waals surface area contributed by atoms with Gasteiger partial charge in [0.25, 0.3) is 5.91 Å². The van der Waals surface area contributed by atoms with Crippen LogP contribution in [-0.4, -0.2) is 53.7 Å². The Labute approximate surface area is 124 Å². The summed E-state index contributed by atoms with van der Waals surface area (Å²) < 4.78 is 9.86. The maximum absolute atomic E-state index is 12.3. The van der Waals surface area contributed by atoms with Crippen LogP contribution in [0, 0.1) is 0 Å². The molecule has 1 N–H and O–H groups in total. The number of nitrogens with zero attached hydrogens (tertiary/aromatic N) is 2.